The predicted molar refractivity (Wildman–Crippen MR) is 107 cm³/mol. The third-order valence-corrected chi connectivity index (χ3v) is 5.69. The zero-order chi connectivity index (χ0) is 22.2. The van der Waals surface area contributed by atoms with Crippen LogP contribution in [0.25, 0.3) is 22.0 Å². The fourth-order valence-corrected chi connectivity index (χ4v) is 3.87. The van der Waals surface area contributed by atoms with E-state index in [2.05, 4.69) is 24.6 Å². The quantitative estimate of drug-likeness (QED) is 0.437. The molecule has 0 saturated heterocycles. The van der Waals surface area contributed by atoms with E-state index in [-0.39, 0.29) is 12.4 Å². The van der Waals surface area contributed by atoms with Gasteiger partial charge in [0.25, 0.3) is 0 Å². The summed E-state index contributed by atoms with van der Waals surface area (Å²) in [6, 6.07) is 7.12. The number of hydrogen-bond donors (Lipinski definition) is 1. The molecule has 0 bridgehead atoms. The molecule has 3 aromatic heterocycles. The van der Waals surface area contributed by atoms with Gasteiger partial charge in [-0.1, -0.05) is 16.8 Å². The molecule has 4 aromatic rings. The van der Waals surface area contributed by atoms with Crippen LogP contribution in [-0.4, -0.2) is 20.1 Å². The van der Waals surface area contributed by atoms with Gasteiger partial charge < -0.3 is 4.74 Å². The molecule has 0 aliphatic heterocycles. The van der Waals surface area contributed by atoms with Crippen molar-refractivity contribution in [3.63, 3.8) is 0 Å². The standard InChI is InChI=1S/C19H12ClF3N4O3S/c1-9-14(31-17(25-9)10-2-5-15(24-7-10)19(21,22)23)8-29-11-3-4-12(13(20)6-11)16-26-18(28)30-27-16/h2-7H,8H2,1H3,(H,26,27,28). The average molecular weight is 469 g/mol. The summed E-state index contributed by atoms with van der Waals surface area (Å²) in [4.78, 5) is 22.2. The Bertz CT molecular complexity index is 1280. The van der Waals surface area contributed by atoms with Crippen LogP contribution in [0.15, 0.2) is 45.8 Å². The molecule has 0 unspecified atom stereocenters. The van der Waals surface area contributed by atoms with Crippen LogP contribution >= 0.6 is 22.9 Å². The molecular weight excluding hydrogens is 457 g/mol. The van der Waals surface area contributed by atoms with Gasteiger partial charge in [0.05, 0.1) is 15.6 Å². The normalized spacial score (nSPS) is 11.6. The lowest BCUT2D eigenvalue weighted by Crippen LogP contribution is -2.07. The van der Waals surface area contributed by atoms with E-state index in [1.165, 1.54) is 17.4 Å². The van der Waals surface area contributed by atoms with E-state index in [1.807, 2.05) is 0 Å². The lowest BCUT2D eigenvalue weighted by Gasteiger charge is -2.07. The Kier molecular flexibility index (Phi) is 5.54. The largest absolute Gasteiger partial charge is 0.488 e. The second-order valence-electron chi connectivity index (χ2n) is 6.33. The van der Waals surface area contributed by atoms with Crippen molar-refractivity contribution in [1.29, 1.82) is 0 Å². The van der Waals surface area contributed by atoms with E-state index >= 15 is 0 Å². The van der Waals surface area contributed by atoms with Crippen molar-refractivity contribution < 1.29 is 22.4 Å². The minimum absolute atomic E-state index is 0.189. The van der Waals surface area contributed by atoms with Crippen LogP contribution in [0.3, 0.4) is 0 Å². The number of aromatic nitrogens is 4. The molecule has 7 nitrogen and oxygen atoms in total. The van der Waals surface area contributed by atoms with Crippen LogP contribution in [-0.2, 0) is 12.8 Å². The number of thiazole rings is 1. The monoisotopic (exact) mass is 468 g/mol. The van der Waals surface area contributed by atoms with Crippen LogP contribution in [0.1, 0.15) is 16.3 Å². The van der Waals surface area contributed by atoms with E-state index in [0.29, 0.717) is 32.6 Å². The van der Waals surface area contributed by atoms with E-state index in [1.54, 1.807) is 25.1 Å². The first-order valence-electron chi connectivity index (χ1n) is 8.69. The minimum Gasteiger partial charge on any atom is -0.488 e. The number of alkyl halides is 3. The average Bonchev–Trinajstić information content (AvgIpc) is 3.31. The molecule has 0 amide bonds. The number of H-pyrrole nitrogens is 1. The highest BCUT2D eigenvalue weighted by Crippen LogP contribution is 2.33. The maximum atomic E-state index is 12.7. The second-order valence-corrected chi connectivity index (χ2v) is 7.82. The Hall–Kier alpha value is -3.18. The molecule has 12 heteroatoms. The molecule has 0 atom stereocenters. The molecule has 4 rings (SSSR count). The maximum Gasteiger partial charge on any atom is 0.439 e. The van der Waals surface area contributed by atoms with Crippen molar-refractivity contribution in [2.45, 2.75) is 19.7 Å². The lowest BCUT2D eigenvalue weighted by molar-refractivity contribution is -0.141. The summed E-state index contributed by atoms with van der Waals surface area (Å²) >= 11 is 7.53. The Morgan fingerprint density at radius 1 is 1.26 bits per heavy atom. The minimum atomic E-state index is -4.49. The lowest BCUT2D eigenvalue weighted by atomic mass is 10.2. The molecule has 0 saturated carbocycles. The first-order valence-corrected chi connectivity index (χ1v) is 9.89. The van der Waals surface area contributed by atoms with Gasteiger partial charge in [-0.05, 0) is 37.3 Å². The summed E-state index contributed by atoms with van der Waals surface area (Å²) in [5.74, 6) is -0.00843. The Morgan fingerprint density at radius 2 is 2.06 bits per heavy atom. The van der Waals surface area contributed by atoms with Gasteiger partial charge in [0, 0.05) is 17.3 Å². The van der Waals surface area contributed by atoms with E-state index in [9.17, 15) is 18.0 Å². The Morgan fingerprint density at radius 3 is 2.68 bits per heavy atom. The van der Waals surface area contributed by atoms with Crippen molar-refractivity contribution in [1.82, 2.24) is 20.1 Å². The topological polar surface area (TPSA) is 93.9 Å². The Balaban J connectivity index is 1.48. The van der Waals surface area contributed by atoms with Gasteiger partial charge in [0.2, 0.25) is 0 Å². The number of rotatable bonds is 5. The molecule has 1 aromatic carbocycles. The van der Waals surface area contributed by atoms with Gasteiger partial charge >= 0.3 is 11.9 Å². The molecule has 0 aliphatic carbocycles. The number of benzene rings is 1. The second kappa shape index (κ2) is 8.16. The molecule has 160 valence electrons. The summed E-state index contributed by atoms with van der Waals surface area (Å²) in [5.41, 5.74) is 0.707. The van der Waals surface area contributed by atoms with Gasteiger partial charge in [-0.2, -0.15) is 13.2 Å². The molecule has 31 heavy (non-hydrogen) atoms. The number of hydrogen-bond acceptors (Lipinski definition) is 7. The highest BCUT2D eigenvalue weighted by molar-refractivity contribution is 7.15. The fourth-order valence-electron chi connectivity index (χ4n) is 2.65. The predicted octanol–water partition coefficient (Wildman–Crippen LogP) is 5.11. The van der Waals surface area contributed by atoms with Crippen molar-refractivity contribution in [2.24, 2.45) is 0 Å². The van der Waals surface area contributed by atoms with E-state index in [4.69, 9.17) is 16.3 Å². The molecule has 0 fully saturated rings. The number of nitrogens with zero attached hydrogens (tertiary/aromatic N) is 3. The zero-order valence-corrected chi connectivity index (χ0v) is 17.2. The summed E-state index contributed by atoms with van der Waals surface area (Å²) < 4.78 is 48.3. The van der Waals surface area contributed by atoms with Crippen LogP contribution in [0.5, 0.6) is 5.75 Å². The Labute approximate surface area is 181 Å². The number of aromatic amines is 1. The third kappa shape index (κ3) is 4.62. The SMILES string of the molecule is Cc1nc(-c2ccc(C(F)(F)F)nc2)sc1COc1ccc(-c2noc(=O)[nH]2)c(Cl)c1. The van der Waals surface area contributed by atoms with Crippen molar-refractivity contribution in [3.8, 4) is 27.7 Å². The summed E-state index contributed by atoms with van der Waals surface area (Å²) in [6.45, 7) is 1.97. The summed E-state index contributed by atoms with van der Waals surface area (Å²) in [5, 5.41) is 4.44. The number of nitrogens with one attached hydrogen (secondary N) is 1. The number of pyridine rings is 1. The smallest absolute Gasteiger partial charge is 0.439 e. The van der Waals surface area contributed by atoms with E-state index in [0.717, 1.165) is 17.1 Å². The van der Waals surface area contributed by atoms with Gasteiger partial charge in [0.15, 0.2) is 5.82 Å². The first-order chi connectivity index (χ1) is 14.7. The molecule has 3 heterocycles. The van der Waals surface area contributed by atoms with Gasteiger partial charge in [-0.15, -0.1) is 11.3 Å². The summed E-state index contributed by atoms with van der Waals surface area (Å²) in [7, 11) is 0. The molecular formula is C19H12ClF3N4O3S. The van der Waals surface area contributed by atoms with Crippen LogP contribution in [0.2, 0.25) is 5.02 Å². The van der Waals surface area contributed by atoms with Crippen molar-refractivity contribution >= 4 is 22.9 Å². The molecule has 0 aliphatic rings. The zero-order valence-electron chi connectivity index (χ0n) is 15.7. The molecule has 1 N–H and O–H groups in total. The number of aryl methyl sites for hydroxylation is 1. The van der Waals surface area contributed by atoms with Crippen LogP contribution in [0.4, 0.5) is 13.2 Å². The van der Waals surface area contributed by atoms with Gasteiger partial charge in [-0.3, -0.25) is 14.5 Å². The van der Waals surface area contributed by atoms with Crippen LogP contribution < -0.4 is 10.5 Å². The van der Waals surface area contributed by atoms with Crippen molar-refractivity contribution in [2.75, 3.05) is 0 Å². The highest BCUT2D eigenvalue weighted by Gasteiger charge is 2.32. The highest BCUT2D eigenvalue weighted by atomic mass is 35.5. The number of halogens is 4. The number of ether oxygens (including phenoxy) is 1. The third-order valence-electron chi connectivity index (χ3n) is 4.20. The maximum absolute atomic E-state index is 12.7. The first kappa shape index (κ1) is 21.1. The molecule has 0 radical (unpaired) electrons. The fraction of sp³-hybridized carbons (Fsp3) is 0.158. The van der Waals surface area contributed by atoms with Crippen molar-refractivity contribution in [3.05, 3.63) is 68.4 Å². The van der Waals surface area contributed by atoms with E-state index < -0.39 is 17.6 Å². The van der Waals surface area contributed by atoms with Gasteiger partial charge in [0.1, 0.15) is 23.1 Å². The molecule has 0 spiro atoms. The van der Waals surface area contributed by atoms with Crippen LogP contribution in [0, 0.1) is 6.92 Å². The summed E-state index contributed by atoms with van der Waals surface area (Å²) in [6.07, 6.45) is -3.34. The van der Waals surface area contributed by atoms with Gasteiger partial charge in [-0.25, -0.2) is 9.78 Å².